The minimum Gasteiger partial charge on any atom is -0.323 e. The average molecular weight is 405 g/mol. The smallest absolute Gasteiger partial charge is 0.238 e. The van der Waals surface area contributed by atoms with E-state index >= 15 is 0 Å². The Balaban J connectivity index is 1.98. The van der Waals surface area contributed by atoms with Gasteiger partial charge in [0.2, 0.25) is 5.91 Å². The molecule has 1 saturated heterocycles. The van der Waals surface area contributed by atoms with Crippen LogP contribution in [-0.4, -0.2) is 43.0 Å². The van der Waals surface area contributed by atoms with Crippen molar-refractivity contribution in [3.63, 3.8) is 0 Å². The summed E-state index contributed by atoms with van der Waals surface area (Å²) >= 11 is 6.99. The molecule has 0 aromatic heterocycles. The van der Waals surface area contributed by atoms with Crippen LogP contribution in [0, 0.1) is 6.92 Å². The van der Waals surface area contributed by atoms with Gasteiger partial charge in [-0.2, -0.15) is 0 Å². The van der Waals surface area contributed by atoms with Gasteiger partial charge in [0, 0.05) is 34.6 Å². The van der Waals surface area contributed by atoms with E-state index in [2.05, 4.69) is 54.3 Å². The number of amides is 1. The second-order valence-corrected chi connectivity index (χ2v) is 6.95. The van der Waals surface area contributed by atoms with Crippen LogP contribution in [0.1, 0.15) is 12.5 Å². The summed E-state index contributed by atoms with van der Waals surface area (Å²) in [6.07, 6.45) is 0. The Labute approximate surface area is 136 Å². The molecule has 1 fully saturated rings. The summed E-state index contributed by atoms with van der Waals surface area (Å²) in [7, 11) is 0. The van der Waals surface area contributed by atoms with E-state index in [-0.39, 0.29) is 5.91 Å². The number of rotatable bonds is 3. The fraction of sp³-hybridized carbons (Fsp3) is 0.500. The fourth-order valence-corrected chi connectivity index (χ4v) is 3.97. The lowest BCUT2D eigenvalue weighted by molar-refractivity contribution is -0.117. The molecule has 2 N–H and O–H groups in total. The van der Waals surface area contributed by atoms with Gasteiger partial charge in [0.05, 0.1) is 12.2 Å². The zero-order chi connectivity index (χ0) is 14.7. The topological polar surface area (TPSA) is 44.4 Å². The lowest BCUT2D eigenvalue weighted by Gasteiger charge is -2.31. The third-order valence-electron chi connectivity index (χ3n) is 3.27. The molecule has 1 aliphatic heterocycles. The van der Waals surface area contributed by atoms with E-state index in [1.54, 1.807) is 0 Å². The highest BCUT2D eigenvalue weighted by molar-refractivity contribution is 9.11. The van der Waals surface area contributed by atoms with Gasteiger partial charge in [0.15, 0.2) is 0 Å². The summed E-state index contributed by atoms with van der Waals surface area (Å²) in [5.74, 6) is 0.0179. The first-order valence-corrected chi connectivity index (χ1v) is 8.25. The molecular weight excluding hydrogens is 386 g/mol. The van der Waals surface area contributed by atoms with Crippen molar-refractivity contribution in [2.75, 3.05) is 31.5 Å². The average Bonchev–Trinajstić information content (AvgIpc) is 2.33. The van der Waals surface area contributed by atoms with Gasteiger partial charge in [-0.1, -0.05) is 0 Å². The number of hydrogen-bond acceptors (Lipinski definition) is 3. The monoisotopic (exact) mass is 403 g/mol. The molecule has 1 aromatic carbocycles. The molecule has 1 unspecified atom stereocenters. The summed E-state index contributed by atoms with van der Waals surface area (Å²) in [5, 5.41) is 6.34. The summed E-state index contributed by atoms with van der Waals surface area (Å²) in [5.41, 5.74) is 1.93. The van der Waals surface area contributed by atoms with Crippen LogP contribution in [0.5, 0.6) is 0 Å². The van der Waals surface area contributed by atoms with Crippen LogP contribution in [-0.2, 0) is 4.79 Å². The maximum absolute atomic E-state index is 12.2. The van der Waals surface area contributed by atoms with Gasteiger partial charge in [-0.05, 0) is 63.4 Å². The molecule has 0 radical (unpaired) electrons. The van der Waals surface area contributed by atoms with Gasteiger partial charge < -0.3 is 10.6 Å². The predicted molar refractivity (Wildman–Crippen MR) is 89.1 cm³/mol. The summed E-state index contributed by atoms with van der Waals surface area (Å²) in [6, 6.07) is 4.43. The Bertz CT molecular complexity index is 484. The Morgan fingerprint density at radius 1 is 1.45 bits per heavy atom. The van der Waals surface area contributed by atoms with Crippen LogP contribution < -0.4 is 10.6 Å². The van der Waals surface area contributed by atoms with Crippen molar-refractivity contribution < 1.29 is 4.79 Å². The highest BCUT2D eigenvalue weighted by atomic mass is 79.9. The fourth-order valence-electron chi connectivity index (χ4n) is 2.36. The van der Waals surface area contributed by atoms with Crippen molar-refractivity contribution in [2.45, 2.75) is 19.9 Å². The quantitative estimate of drug-likeness (QED) is 0.813. The third-order valence-corrected chi connectivity index (χ3v) is 4.52. The van der Waals surface area contributed by atoms with Gasteiger partial charge in [-0.25, -0.2) is 0 Å². The highest BCUT2D eigenvalue weighted by Crippen LogP contribution is 2.32. The molecule has 0 bridgehead atoms. The van der Waals surface area contributed by atoms with Crippen molar-refractivity contribution in [2.24, 2.45) is 0 Å². The van der Waals surface area contributed by atoms with Crippen LogP contribution in [0.3, 0.4) is 0 Å². The molecule has 1 amide bonds. The van der Waals surface area contributed by atoms with Crippen molar-refractivity contribution in [3.05, 3.63) is 26.6 Å². The minimum atomic E-state index is 0.0179. The van der Waals surface area contributed by atoms with Crippen LogP contribution in [0.15, 0.2) is 21.1 Å². The first kappa shape index (κ1) is 15.9. The molecule has 0 aliphatic carbocycles. The van der Waals surface area contributed by atoms with Crippen LogP contribution >= 0.6 is 31.9 Å². The molecule has 110 valence electrons. The number of nitrogens with one attached hydrogen (secondary N) is 2. The SMILES string of the molecule is Cc1cc(Br)c(NC(=O)CN2CCNC(C)C2)c(Br)c1. The summed E-state index contributed by atoms with van der Waals surface area (Å²) < 4.78 is 1.79. The normalized spacial score (nSPS) is 19.9. The second-order valence-electron chi connectivity index (χ2n) is 5.24. The third kappa shape index (κ3) is 4.28. The zero-order valence-corrected chi connectivity index (χ0v) is 14.8. The largest absolute Gasteiger partial charge is 0.323 e. The van der Waals surface area contributed by atoms with Crippen molar-refractivity contribution in [1.29, 1.82) is 0 Å². The lowest BCUT2D eigenvalue weighted by Crippen LogP contribution is -2.51. The molecule has 1 aromatic rings. The van der Waals surface area contributed by atoms with Gasteiger partial charge >= 0.3 is 0 Å². The molecule has 1 heterocycles. The first-order valence-electron chi connectivity index (χ1n) is 6.67. The highest BCUT2D eigenvalue weighted by Gasteiger charge is 2.19. The van der Waals surface area contributed by atoms with Crippen molar-refractivity contribution in [1.82, 2.24) is 10.2 Å². The first-order chi connectivity index (χ1) is 9.45. The van der Waals surface area contributed by atoms with Gasteiger partial charge in [-0.15, -0.1) is 0 Å². The second kappa shape index (κ2) is 7.02. The van der Waals surface area contributed by atoms with E-state index in [4.69, 9.17) is 0 Å². The zero-order valence-electron chi connectivity index (χ0n) is 11.7. The van der Waals surface area contributed by atoms with Crippen LogP contribution in [0.25, 0.3) is 0 Å². The standard InChI is InChI=1S/C14H19Br2N3O/c1-9-5-11(15)14(12(16)6-9)18-13(20)8-19-4-3-17-10(2)7-19/h5-6,10,17H,3-4,7-8H2,1-2H3,(H,18,20). The van der Waals surface area contributed by atoms with Crippen LogP contribution in [0.2, 0.25) is 0 Å². The van der Waals surface area contributed by atoms with E-state index in [1.165, 1.54) is 0 Å². The molecular formula is C14H19Br2N3O. The van der Waals surface area contributed by atoms with E-state index in [9.17, 15) is 4.79 Å². The van der Waals surface area contributed by atoms with Crippen LogP contribution in [0.4, 0.5) is 5.69 Å². The van der Waals surface area contributed by atoms with E-state index in [0.29, 0.717) is 12.6 Å². The van der Waals surface area contributed by atoms with Crippen molar-refractivity contribution in [3.8, 4) is 0 Å². The molecule has 6 heteroatoms. The predicted octanol–water partition coefficient (Wildman–Crippen LogP) is 2.75. The van der Waals surface area contributed by atoms with Gasteiger partial charge in [0.25, 0.3) is 0 Å². The molecule has 2 rings (SSSR count). The number of piperazine rings is 1. The Hall–Kier alpha value is -0.430. The number of anilines is 1. The summed E-state index contributed by atoms with van der Waals surface area (Å²) in [6.45, 7) is 7.34. The lowest BCUT2D eigenvalue weighted by atomic mass is 10.2. The summed E-state index contributed by atoms with van der Waals surface area (Å²) in [4.78, 5) is 14.3. The number of halogens is 2. The number of hydrogen-bond donors (Lipinski definition) is 2. The molecule has 1 atom stereocenters. The van der Waals surface area contributed by atoms with Crippen molar-refractivity contribution >= 4 is 43.5 Å². The number of nitrogens with zero attached hydrogens (tertiary/aromatic N) is 1. The van der Waals surface area contributed by atoms with E-state index in [1.807, 2.05) is 19.1 Å². The molecule has 0 spiro atoms. The number of aryl methyl sites for hydroxylation is 1. The Kier molecular flexibility index (Phi) is 5.60. The molecule has 0 saturated carbocycles. The van der Waals surface area contributed by atoms with E-state index < -0.39 is 0 Å². The number of carbonyl (C=O) groups excluding carboxylic acids is 1. The molecule has 1 aliphatic rings. The molecule has 4 nitrogen and oxygen atoms in total. The maximum atomic E-state index is 12.2. The van der Waals surface area contributed by atoms with Gasteiger partial charge in [0.1, 0.15) is 0 Å². The van der Waals surface area contributed by atoms with E-state index in [0.717, 1.165) is 39.8 Å². The number of carbonyl (C=O) groups is 1. The number of benzene rings is 1. The van der Waals surface area contributed by atoms with Gasteiger partial charge in [-0.3, -0.25) is 9.69 Å². The maximum Gasteiger partial charge on any atom is 0.238 e. The molecule has 20 heavy (non-hydrogen) atoms. The Morgan fingerprint density at radius 2 is 2.10 bits per heavy atom. The minimum absolute atomic E-state index is 0.0179. The Morgan fingerprint density at radius 3 is 2.70 bits per heavy atom.